The highest BCUT2D eigenvalue weighted by molar-refractivity contribution is 7.90. The number of halogens is 2. The number of hydrogen-bond acceptors (Lipinski definition) is 7. The van der Waals surface area contributed by atoms with Crippen molar-refractivity contribution in [3.8, 4) is 0 Å². The second-order valence-electron chi connectivity index (χ2n) is 8.54. The third kappa shape index (κ3) is 4.84. The van der Waals surface area contributed by atoms with Crippen LogP contribution >= 0.6 is 23.2 Å². The first-order valence-electron chi connectivity index (χ1n) is 11.1. The Morgan fingerprint density at radius 2 is 1.75 bits per heavy atom. The molecule has 12 heteroatoms. The fraction of sp³-hybridized carbons (Fsp3) is 0.208. The molecule has 1 aliphatic rings. The van der Waals surface area contributed by atoms with Crippen LogP contribution in [0.3, 0.4) is 0 Å². The smallest absolute Gasteiger partial charge is 0.269 e. The molecule has 1 aliphatic heterocycles. The molecule has 0 saturated carbocycles. The van der Waals surface area contributed by atoms with Crippen molar-refractivity contribution in [3.63, 3.8) is 0 Å². The maximum atomic E-state index is 13.2. The highest BCUT2D eigenvalue weighted by atomic mass is 35.5. The minimum Gasteiger partial charge on any atom is -0.376 e. The number of likely N-dealkylation sites (tertiary alicyclic amines) is 1. The van der Waals surface area contributed by atoms with Crippen molar-refractivity contribution in [1.82, 2.24) is 18.8 Å². The molecular formula is C24H22Cl2N6O3S. The number of carbonyl (C=O) groups is 1. The molecule has 3 heterocycles. The average molecular weight is 545 g/mol. The minimum atomic E-state index is -3.81. The standard InChI is InChI=1S/C24H22Cl2N6O3S/c1-15-2-4-20(5-3-15)36(34,35)32-7-6-21-23(28-14-29-24(21)32)30-19-12-31(13-19)22(33)11-27-18-9-16(25)8-17(26)10-18/h2-10,14,19,27H,11-13H2,1H3,(H,28,29,30). The number of fused-ring (bicyclic) bond motifs is 1. The lowest BCUT2D eigenvalue weighted by molar-refractivity contribution is -0.133. The van der Waals surface area contributed by atoms with Gasteiger partial charge in [-0.05, 0) is 43.3 Å². The summed E-state index contributed by atoms with van der Waals surface area (Å²) in [7, 11) is -3.81. The number of nitrogens with zero attached hydrogens (tertiary/aromatic N) is 4. The van der Waals surface area contributed by atoms with Crippen LogP contribution in [0.25, 0.3) is 11.0 Å². The van der Waals surface area contributed by atoms with Crippen LogP contribution in [0.5, 0.6) is 0 Å². The molecule has 36 heavy (non-hydrogen) atoms. The number of nitrogens with one attached hydrogen (secondary N) is 2. The number of hydrogen-bond donors (Lipinski definition) is 2. The summed E-state index contributed by atoms with van der Waals surface area (Å²) in [6, 6.07) is 13.3. The Kier molecular flexibility index (Phi) is 6.50. The fourth-order valence-electron chi connectivity index (χ4n) is 3.97. The Balaban J connectivity index is 1.24. The Morgan fingerprint density at radius 1 is 1.06 bits per heavy atom. The number of amides is 1. The van der Waals surface area contributed by atoms with Gasteiger partial charge in [0.2, 0.25) is 5.91 Å². The van der Waals surface area contributed by atoms with Crippen LogP contribution in [0, 0.1) is 6.92 Å². The van der Waals surface area contributed by atoms with Gasteiger partial charge in [0.15, 0.2) is 5.65 Å². The summed E-state index contributed by atoms with van der Waals surface area (Å²) in [6.45, 7) is 2.99. The number of aromatic nitrogens is 3. The average Bonchev–Trinajstić information content (AvgIpc) is 3.25. The van der Waals surface area contributed by atoms with Gasteiger partial charge in [-0.1, -0.05) is 40.9 Å². The van der Waals surface area contributed by atoms with E-state index in [1.807, 2.05) is 6.92 Å². The van der Waals surface area contributed by atoms with E-state index < -0.39 is 10.0 Å². The third-order valence-corrected chi connectivity index (χ3v) is 8.02. The van der Waals surface area contributed by atoms with E-state index in [9.17, 15) is 13.2 Å². The summed E-state index contributed by atoms with van der Waals surface area (Å²) < 4.78 is 27.5. The molecule has 0 bridgehead atoms. The van der Waals surface area contributed by atoms with Gasteiger partial charge in [0.25, 0.3) is 10.0 Å². The summed E-state index contributed by atoms with van der Waals surface area (Å²) in [4.78, 5) is 22.9. The van der Waals surface area contributed by atoms with Crippen molar-refractivity contribution in [1.29, 1.82) is 0 Å². The predicted molar refractivity (Wildman–Crippen MR) is 140 cm³/mol. The summed E-state index contributed by atoms with van der Waals surface area (Å²) in [6.07, 6.45) is 2.80. The van der Waals surface area contributed by atoms with E-state index in [1.54, 1.807) is 53.4 Å². The lowest BCUT2D eigenvalue weighted by Crippen LogP contribution is -2.58. The van der Waals surface area contributed by atoms with Gasteiger partial charge in [-0.15, -0.1) is 0 Å². The molecule has 2 N–H and O–H groups in total. The molecule has 2 aromatic carbocycles. The highest BCUT2D eigenvalue weighted by Crippen LogP contribution is 2.27. The van der Waals surface area contributed by atoms with Gasteiger partial charge < -0.3 is 15.5 Å². The number of anilines is 2. The largest absolute Gasteiger partial charge is 0.376 e. The van der Waals surface area contributed by atoms with Gasteiger partial charge >= 0.3 is 0 Å². The van der Waals surface area contributed by atoms with E-state index in [4.69, 9.17) is 23.2 Å². The van der Waals surface area contributed by atoms with Gasteiger partial charge in [-0.3, -0.25) is 4.79 Å². The molecule has 4 aromatic rings. The Hall–Kier alpha value is -3.34. The number of aryl methyl sites for hydroxylation is 1. The second kappa shape index (κ2) is 9.61. The van der Waals surface area contributed by atoms with E-state index in [0.717, 1.165) is 9.54 Å². The third-order valence-electron chi connectivity index (χ3n) is 5.91. The van der Waals surface area contributed by atoms with Crippen LogP contribution < -0.4 is 10.6 Å². The Bertz CT molecular complexity index is 1530. The molecule has 0 aliphatic carbocycles. The van der Waals surface area contributed by atoms with Crippen molar-refractivity contribution in [2.24, 2.45) is 0 Å². The van der Waals surface area contributed by atoms with Gasteiger partial charge in [-0.25, -0.2) is 22.4 Å². The number of benzene rings is 2. The number of carbonyl (C=O) groups excluding carboxylic acids is 1. The molecule has 0 spiro atoms. The molecule has 5 rings (SSSR count). The minimum absolute atomic E-state index is 0.0234. The van der Waals surface area contributed by atoms with Crippen molar-refractivity contribution in [2.45, 2.75) is 17.9 Å². The van der Waals surface area contributed by atoms with E-state index in [1.165, 1.54) is 12.5 Å². The predicted octanol–water partition coefficient (Wildman–Crippen LogP) is 4.02. The molecular weight excluding hydrogens is 523 g/mol. The zero-order valence-corrected chi connectivity index (χ0v) is 21.5. The zero-order chi connectivity index (χ0) is 25.4. The monoisotopic (exact) mass is 544 g/mol. The normalized spacial score (nSPS) is 14.0. The molecule has 9 nitrogen and oxygen atoms in total. The highest BCUT2D eigenvalue weighted by Gasteiger charge is 2.31. The van der Waals surface area contributed by atoms with Gasteiger partial charge in [-0.2, -0.15) is 0 Å². The maximum Gasteiger partial charge on any atom is 0.269 e. The first-order valence-corrected chi connectivity index (χ1v) is 13.3. The lowest BCUT2D eigenvalue weighted by Gasteiger charge is -2.40. The molecule has 1 fully saturated rings. The maximum absolute atomic E-state index is 13.2. The number of rotatable bonds is 7. The van der Waals surface area contributed by atoms with E-state index in [-0.39, 0.29) is 29.0 Å². The molecule has 1 saturated heterocycles. The van der Waals surface area contributed by atoms with E-state index in [2.05, 4.69) is 20.6 Å². The van der Waals surface area contributed by atoms with Crippen LogP contribution in [0.2, 0.25) is 10.0 Å². The quantitative estimate of drug-likeness (QED) is 0.361. The van der Waals surface area contributed by atoms with Gasteiger partial charge in [0.05, 0.1) is 22.9 Å². The van der Waals surface area contributed by atoms with Crippen molar-refractivity contribution in [2.75, 3.05) is 30.3 Å². The summed E-state index contributed by atoms with van der Waals surface area (Å²) in [5, 5.41) is 7.89. The Labute approximate surface area is 218 Å². The van der Waals surface area contributed by atoms with E-state index in [0.29, 0.717) is 40.0 Å². The topological polar surface area (TPSA) is 109 Å². The van der Waals surface area contributed by atoms with Crippen molar-refractivity contribution in [3.05, 3.63) is 76.7 Å². The molecule has 0 unspecified atom stereocenters. The summed E-state index contributed by atoms with van der Waals surface area (Å²) in [5.41, 5.74) is 1.92. The van der Waals surface area contributed by atoms with Crippen LogP contribution in [-0.2, 0) is 14.8 Å². The first-order chi connectivity index (χ1) is 17.2. The summed E-state index contributed by atoms with van der Waals surface area (Å²) >= 11 is 12.0. The van der Waals surface area contributed by atoms with Gasteiger partial charge in [0, 0.05) is 35.0 Å². The first kappa shape index (κ1) is 24.4. The van der Waals surface area contributed by atoms with Gasteiger partial charge in [0.1, 0.15) is 12.1 Å². The Morgan fingerprint density at radius 3 is 2.44 bits per heavy atom. The summed E-state index contributed by atoms with van der Waals surface area (Å²) in [5.74, 6) is 0.453. The molecule has 186 valence electrons. The van der Waals surface area contributed by atoms with Crippen LogP contribution in [0.15, 0.2) is 66.0 Å². The van der Waals surface area contributed by atoms with Crippen LogP contribution in [0.1, 0.15) is 5.56 Å². The molecule has 0 radical (unpaired) electrons. The van der Waals surface area contributed by atoms with Crippen LogP contribution in [0.4, 0.5) is 11.5 Å². The molecule has 0 atom stereocenters. The fourth-order valence-corrected chi connectivity index (χ4v) is 5.80. The van der Waals surface area contributed by atoms with Crippen LogP contribution in [-0.4, -0.2) is 58.8 Å². The zero-order valence-electron chi connectivity index (χ0n) is 19.1. The SMILES string of the molecule is Cc1ccc(S(=O)(=O)n2ccc3c(NC4CN(C(=O)CNc5cc(Cl)cc(Cl)c5)C4)ncnc32)cc1. The van der Waals surface area contributed by atoms with Crippen molar-refractivity contribution < 1.29 is 13.2 Å². The van der Waals surface area contributed by atoms with E-state index >= 15 is 0 Å². The molecule has 2 aromatic heterocycles. The lowest BCUT2D eigenvalue weighted by atomic mass is 10.1. The second-order valence-corrected chi connectivity index (χ2v) is 11.2. The van der Waals surface area contributed by atoms with Crippen molar-refractivity contribution >= 4 is 61.7 Å². The molecule has 1 amide bonds.